The van der Waals surface area contributed by atoms with Crippen molar-refractivity contribution in [3.05, 3.63) is 59.7 Å². The Hall–Kier alpha value is -2.42. The minimum Gasteiger partial charge on any atom is -0.457 e. The van der Waals surface area contributed by atoms with Crippen molar-refractivity contribution in [2.24, 2.45) is 0 Å². The number of hydrogen-bond acceptors (Lipinski definition) is 3. The average Bonchev–Trinajstić information content (AvgIpc) is 2.49. The average molecular weight is 268 g/mol. The third-order valence-corrected chi connectivity index (χ3v) is 2.95. The fraction of sp³-hybridized carbons (Fsp3) is 0.176. The van der Waals surface area contributed by atoms with Crippen molar-refractivity contribution < 1.29 is 14.3 Å². The van der Waals surface area contributed by atoms with E-state index in [2.05, 4.69) is 0 Å². The van der Waals surface area contributed by atoms with Crippen LogP contribution in [-0.4, -0.2) is 12.6 Å². The largest absolute Gasteiger partial charge is 0.457 e. The zero-order valence-electron chi connectivity index (χ0n) is 11.1. The molecule has 0 aliphatic rings. The fourth-order valence-corrected chi connectivity index (χ4v) is 1.88. The molecule has 3 nitrogen and oxygen atoms in total. The van der Waals surface area contributed by atoms with Crippen molar-refractivity contribution >= 4 is 12.6 Å². The number of benzene rings is 2. The summed E-state index contributed by atoms with van der Waals surface area (Å²) in [6.45, 7) is 0. The maximum Gasteiger partial charge on any atom is 0.127 e. The van der Waals surface area contributed by atoms with E-state index < -0.39 is 0 Å². The first-order chi connectivity index (χ1) is 9.81. The van der Waals surface area contributed by atoms with Gasteiger partial charge < -0.3 is 14.3 Å². The molecule has 0 aromatic heterocycles. The predicted octanol–water partition coefficient (Wildman–Crippen LogP) is 3.35. The molecule has 0 N–H and O–H groups in total. The van der Waals surface area contributed by atoms with Crippen LogP contribution in [0.5, 0.6) is 11.5 Å². The highest BCUT2D eigenvalue weighted by Crippen LogP contribution is 2.22. The van der Waals surface area contributed by atoms with E-state index in [-0.39, 0.29) is 0 Å². The normalized spacial score (nSPS) is 10.0. The van der Waals surface area contributed by atoms with Crippen molar-refractivity contribution in [2.45, 2.75) is 19.3 Å². The highest BCUT2D eigenvalue weighted by atomic mass is 16.5. The van der Waals surface area contributed by atoms with Gasteiger partial charge in [-0.25, -0.2) is 0 Å². The Morgan fingerprint density at radius 1 is 0.750 bits per heavy atom. The Bertz CT molecular complexity index is 556. The van der Waals surface area contributed by atoms with Crippen LogP contribution in [0.3, 0.4) is 0 Å². The van der Waals surface area contributed by atoms with E-state index in [0.29, 0.717) is 12.8 Å². The topological polar surface area (TPSA) is 43.4 Å². The predicted molar refractivity (Wildman–Crippen MR) is 77.1 cm³/mol. The summed E-state index contributed by atoms with van der Waals surface area (Å²) in [5.41, 5.74) is 2.09. The molecule has 0 spiro atoms. The van der Waals surface area contributed by atoms with Crippen LogP contribution < -0.4 is 4.74 Å². The van der Waals surface area contributed by atoms with Gasteiger partial charge in [0.25, 0.3) is 0 Å². The lowest BCUT2D eigenvalue weighted by atomic mass is 10.1. The minimum absolute atomic E-state index is 0.422. The number of rotatable bonds is 7. The molecule has 0 bridgehead atoms. The zero-order chi connectivity index (χ0) is 14.2. The lowest BCUT2D eigenvalue weighted by Crippen LogP contribution is -1.89. The van der Waals surface area contributed by atoms with E-state index in [0.717, 1.165) is 41.6 Å². The SMILES string of the molecule is O=CCCc1ccc(Oc2ccc(CC=O)cc2)cc1. The van der Waals surface area contributed by atoms with E-state index >= 15 is 0 Å². The second kappa shape index (κ2) is 7.24. The van der Waals surface area contributed by atoms with Crippen molar-refractivity contribution in [2.75, 3.05) is 0 Å². The highest BCUT2D eigenvalue weighted by Gasteiger charge is 1.99. The van der Waals surface area contributed by atoms with Crippen LogP contribution in [0.15, 0.2) is 48.5 Å². The van der Waals surface area contributed by atoms with Gasteiger partial charge in [-0.2, -0.15) is 0 Å². The van der Waals surface area contributed by atoms with Crippen molar-refractivity contribution in [3.8, 4) is 11.5 Å². The minimum atomic E-state index is 0.422. The summed E-state index contributed by atoms with van der Waals surface area (Å²) in [5.74, 6) is 1.49. The van der Waals surface area contributed by atoms with Gasteiger partial charge in [0.05, 0.1) is 0 Å². The lowest BCUT2D eigenvalue weighted by Gasteiger charge is -2.07. The molecule has 2 aromatic rings. The standard InChI is InChI=1S/C17H16O3/c18-12-1-2-14-3-7-16(8-4-14)20-17-9-5-15(6-10-17)11-13-19/h3-10,12-13H,1-2,11H2. The van der Waals surface area contributed by atoms with Gasteiger partial charge in [-0.05, 0) is 41.8 Å². The summed E-state index contributed by atoms with van der Waals surface area (Å²) in [4.78, 5) is 20.7. The summed E-state index contributed by atoms with van der Waals surface area (Å²) in [7, 11) is 0. The molecule has 0 aliphatic heterocycles. The van der Waals surface area contributed by atoms with E-state index in [1.807, 2.05) is 48.5 Å². The number of hydrogen-bond donors (Lipinski definition) is 0. The van der Waals surface area contributed by atoms with E-state index in [9.17, 15) is 9.59 Å². The maximum atomic E-state index is 10.4. The zero-order valence-corrected chi connectivity index (χ0v) is 11.1. The highest BCUT2D eigenvalue weighted by molar-refractivity contribution is 5.55. The van der Waals surface area contributed by atoms with Crippen LogP contribution >= 0.6 is 0 Å². The van der Waals surface area contributed by atoms with Gasteiger partial charge in [0.1, 0.15) is 24.1 Å². The smallest absolute Gasteiger partial charge is 0.127 e. The second-order valence-electron chi connectivity index (χ2n) is 4.47. The third-order valence-electron chi connectivity index (χ3n) is 2.95. The quantitative estimate of drug-likeness (QED) is 0.723. The van der Waals surface area contributed by atoms with Gasteiger partial charge in [0.15, 0.2) is 0 Å². The molecule has 0 amide bonds. The monoisotopic (exact) mass is 268 g/mol. The van der Waals surface area contributed by atoms with Crippen molar-refractivity contribution in [3.63, 3.8) is 0 Å². The summed E-state index contributed by atoms with van der Waals surface area (Å²) in [5, 5.41) is 0. The van der Waals surface area contributed by atoms with Gasteiger partial charge in [-0.1, -0.05) is 24.3 Å². The van der Waals surface area contributed by atoms with Crippen LogP contribution in [0.25, 0.3) is 0 Å². The summed E-state index contributed by atoms with van der Waals surface area (Å²) < 4.78 is 5.71. The molecule has 0 saturated heterocycles. The number of ether oxygens (including phenoxy) is 1. The van der Waals surface area contributed by atoms with Crippen LogP contribution in [0, 0.1) is 0 Å². The van der Waals surface area contributed by atoms with Gasteiger partial charge >= 0.3 is 0 Å². The Morgan fingerprint density at radius 3 is 1.80 bits per heavy atom. The van der Waals surface area contributed by atoms with Crippen molar-refractivity contribution in [1.29, 1.82) is 0 Å². The maximum absolute atomic E-state index is 10.4. The van der Waals surface area contributed by atoms with Gasteiger partial charge in [0.2, 0.25) is 0 Å². The molecule has 20 heavy (non-hydrogen) atoms. The molecular weight excluding hydrogens is 252 g/mol. The number of aryl methyl sites for hydroxylation is 1. The van der Waals surface area contributed by atoms with E-state index in [1.165, 1.54) is 0 Å². The Balaban J connectivity index is 1.98. The van der Waals surface area contributed by atoms with Gasteiger partial charge in [-0.15, -0.1) is 0 Å². The first-order valence-electron chi connectivity index (χ1n) is 6.55. The molecule has 0 radical (unpaired) electrons. The van der Waals surface area contributed by atoms with Crippen molar-refractivity contribution in [1.82, 2.24) is 0 Å². The van der Waals surface area contributed by atoms with Crippen LogP contribution in [0.4, 0.5) is 0 Å². The summed E-state index contributed by atoms with van der Waals surface area (Å²) in [6.07, 6.45) is 3.52. The molecule has 0 atom stereocenters. The van der Waals surface area contributed by atoms with E-state index in [4.69, 9.17) is 4.74 Å². The third kappa shape index (κ3) is 4.05. The Morgan fingerprint density at radius 2 is 1.30 bits per heavy atom. The van der Waals surface area contributed by atoms with Crippen LogP contribution in [-0.2, 0) is 22.4 Å². The Kier molecular flexibility index (Phi) is 5.07. The molecule has 2 rings (SSSR count). The number of aldehydes is 2. The first kappa shape index (κ1) is 14.0. The number of carbonyl (C=O) groups excluding carboxylic acids is 2. The second-order valence-corrected chi connectivity index (χ2v) is 4.47. The molecule has 0 saturated carbocycles. The molecule has 0 fully saturated rings. The molecule has 0 aliphatic carbocycles. The Labute approximate surface area is 118 Å². The fourth-order valence-electron chi connectivity index (χ4n) is 1.88. The van der Waals surface area contributed by atoms with E-state index in [1.54, 1.807) is 0 Å². The molecule has 0 heterocycles. The summed E-state index contributed by atoms with van der Waals surface area (Å²) in [6, 6.07) is 15.1. The van der Waals surface area contributed by atoms with Crippen LogP contribution in [0.1, 0.15) is 17.5 Å². The molecule has 0 unspecified atom stereocenters. The molecule has 2 aromatic carbocycles. The van der Waals surface area contributed by atoms with Gasteiger partial charge in [-0.3, -0.25) is 0 Å². The molecule has 102 valence electrons. The summed E-state index contributed by atoms with van der Waals surface area (Å²) >= 11 is 0. The first-order valence-corrected chi connectivity index (χ1v) is 6.55. The number of carbonyl (C=O) groups is 2. The molecule has 3 heteroatoms. The lowest BCUT2D eigenvalue weighted by molar-refractivity contribution is -0.108. The van der Waals surface area contributed by atoms with Crippen LogP contribution in [0.2, 0.25) is 0 Å². The molecular formula is C17H16O3. The van der Waals surface area contributed by atoms with Gasteiger partial charge in [0, 0.05) is 12.8 Å².